The van der Waals surface area contributed by atoms with Gasteiger partial charge in [0.05, 0.1) is 16.9 Å². The van der Waals surface area contributed by atoms with Crippen LogP contribution in [0.3, 0.4) is 0 Å². The van der Waals surface area contributed by atoms with Crippen LogP contribution in [0.15, 0.2) is 24.4 Å². The second-order valence-corrected chi connectivity index (χ2v) is 3.73. The van der Waals surface area contributed by atoms with E-state index in [1.807, 2.05) is 0 Å². The average molecular weight is 271 g/mol. The van der Waals surface area contributed by atoms with E-state index >= 15 is 0 Å². The molecule has 92 valence electrons. The topological polar surface area (TPSA) is 63.1 Å². The SMILES string of the molecule is O=C(O)c1ncc(Cl)c(-c2cc(F)ccc2F)n1. The minimum Gasteiger partial charge on any atom is -0.475 e. The number of aromatic carboxylic acids is 1. The van der Waals surface area contributed by atoms with E-state index in [1.54, 1.807) is 0 Å². The van der Waals surface area contributed by atoms with Gasteiger partial charge in [0.25, 0.3) is 0 Å². The molecule has 0 fully saturated rings. The number of carboxylic acids is 1. The third-order valence-electron chi connectivity index (χ3n) is 2.12. The summed E-state index contributed by atoms with van der Waals surface area (Å²) < 4.78 is 26.6. The van der Waals surface area contributed by atoms with Crippen molar-refractivity contribution in [3.05, 3.63) is 46.9 Å². The van der Waals surface area contributed by atoms with Crippen molar-refractivity contribution in [2.75, 3.05) is 0 Å². The van der Waals surface area contributed by atoms with E-state index < -0.39 is 23.4 Å². The molecule has 2 aromatic rings. The minimum atomic E-state index is -1.38. The third-order valence-corrected chi connectivity index (χ3v) is 2.40. The van der Waals surface area contributed by atoms with Crippen molar-refractivity contribution in [1.29, 1.82) is 0 Å². The van der Waals surface area contributed by atoms with Gasteiger partial charge in [-0.1, -0.05) is 11.6 Å². The lowest BCUT2D eigenvalue weighted by molar-refractivity contribution is 0.0683. The Balaban J connectivity index is 2.66. The Morgan fingerprint density at radius 2 is 2.06 bits per heavy atom. The van der Waals surface area contributed by atoms with Crippen LogP contribution >= 0.6 is 11.6 Å². The van der Waals surface area contributed by atoms with Crippen molar-refractivity contribution in [2.24, 2.45) is 0 Å². The summed E-state index contributed by atoms with van der Waals surface area (Å²) in [6, 6.07) is 2.73. The molecule has 0 aliphatic carbocycles. The van der Waals surface area contributed by atoms with Crippen LogP contribution in [0.1, 0.15) is 10.6 Å². The van der Waals surface area contributed by atoms with Crippen molar-refractivity contribution >= 4 is 17.6 Å². The fourth-order valence-corrected chi connectivity index (χ4v) is 1.53. The highest BCUT2D eigenvalue weighted by Crippen LogP contribution is 2.28. The van der Waals surface area contributed by atoms with Crippen LogP contribution < -0.4 is 0 Å². The summed E-state index contributed by atoms with van der Waals surface area (Å²) in [5.41, 5.74) is -0.383. The van der Waals surface area contributed by atoms with Crippen LogP contribution in [0.5, 0.6) is 0 Å². The molecule has 0 aliphatic heterocycles. The number of hydrogen-bond acceptors (Lipinski definition) is 3. The van der Waals surface area contributed by atoms with E-state index in [9.17, 15) is 13.6 Å². The van der Waals surface area contributed by atoms with Crippen LogP contribution in [0.25, 0.3) is 11.3 Å². The van der Waals surface area contributed by atoms with Gasteiger partial charge >= 0.3 is 5.97 Å². The number of benzene rings is 1. The summed E-state index contributed by atoms with van der Waals surface area (Å²) >= 11 is 5.75. The molecule has 0 radical (unpaired) electrons. The maximum Gasteiger partial charge on any atom is 0.373 e. The standard InChI is InChI=1S/C11H5ClF2N2O2/c12-7-4-15-10(11(17)18)16-9(7)6-3-5(13)1-2-8(6)14/h1-4H,(H,17,18). The highest BCUT2D eigenvalue weighted by molar-refractivity contribution is 6.32. The number of carbonyl (C=O) groups is 1. The van der Waals surface area contributed by atoms with Gasteiger partial charge in [0.2, 0.25) is 5.82 Å². The molecule has 0 aliphatic rings. The van der Waals surface area contributed by atoms with Crippen LogP contribution in [-0.4, -0.2) is 21.0 Å². The molecule has 0 atom stereocenters. The lowest BCUT2D eigenvalue weighted by Gasteiger charge is -2.05. The average Bonchev–Trinajstić information content (AvgIpc) is 2.33. The van der Waals surface area contributed by atoms with Crippen LogP contribution in [0, 0.1) is 11.6 Å². The Morgan fingerprint density at radius 3 is 2.72 bits per heavy atom. The molecule has 0 spiro atoms. The van der Waals surface area contributed by atoms with Gasteiger partial charge in [0.15, 0.2) is 0 Å². The molecule has 7 heteroatoms. The molecule has 0 amide bonds. The molecule has 0 bridgehead atoms. The van der Waals surface area contributed by atoms with Crippen LogP contribution in [0.2, 0.25) is 5.02 Å². The Labute approximate surface area is 105 Å². The Hall–Kier alpha value is -2.08. The van der Waals surface area contributed by atoms with E-state index in [2.05, 4.69) is 9.97 Å². The predicted molar refractivity (Wildman–Crippen MR) is 59.4 cm³/mol. The zero-order valence-corrected chi connectivity index (χ0v) is 9.45. The van der Waals surface area contributed by atoms with E-state index in [4.69, 9.17) is 16.7 Å². The molecule has 4 nitrogen and oxygen atoms in total. The van der Waals surface area contributed by atoms with Crippen molar-refractivity contribution in [3.63, 3.8) is 0 Å². The number of rotatable bonds is 2. The van der Waals surface area contributed by atoms with Gasteiger partial charge in [-0.15, -0.1) is 0 Å². The molecule has 0 saturated heterocycles. The molecular formula is C11H5ClF2N2O2. The summed E-state index contributed by atoms with van der Waals surface area (Å²) in [5, 5.41) is 8.67. The molecular weight excluding hydrogens is 266 g/mol. The first-order valence-corrected chi connectivity index (χ1v) is 5.08. The van der Waals surface area contributed by atoms with Gasteiger partial charge in [-0.05, 0) is 18.2 Å². The third kappa shape index (κ3) is 2.28. The quantitative estimate of drug-likeness (QED) is 0.911. The number of hydrogen-bond donors (Lipinski definition) is 1. The first-order valence-electron chi connectivity index (χ1n) is 4.70. The summed E-state index contributed by atoms with van der Waals surface area (Å²) in [6.07, 6.45) is 1.03. The molecule has 2 rings (SSSR count). The summed E-state index contributed by atoms with van der Waals surface area (Å²) in [5.74, 6) is -3.37. The van der Waals surface area contributed by atoms with Crippen LogP contribution in [-0.2, 0) is 0 Å². The highest BCUT2D eigenvalue weighted by atomic mass is 35.5. The van der Waals surface area contributed by atoms with Crippen LogP contribution in [0.4, 0.5) is 8.78 Å². The fraction of sp³-hybridized carbons (Fsp3) is 0. The van der Waals surface area contributed by atoms with Crippen molar-refractivity contribution < 1.29 is 18.7 Å². The Morgan fingerprint density at radius 1 is 1.33 bits per heavy atom. The van der Waals surface area contributed by atoms with Gasteiger partial charge in [-0.2, -0.15) is 0 Å². The normalized spacial score (nSPS) is 10.4. The van der Waals surface area contributed by atoms with Crippen molar-refractivity contribution in [1.82, 2.24) is 9.97 Å². The summed E-state index contributed by atoms with van der Waals surface area (Å²) in [7, 11) is 0. The lowest BCUT2D eigenvalue weighted by atomic mass is 10.1. The molecule has 1 N–H and O–H groups in total. The largest absolute Gasteiger partial charge is 0.475 e. The van der Waals surface area contributed by atoms with E-state index in [0.29, 0.717) is 0 Å². The second kappa shape index (κ2) is 4.66. The maximum absolute atomic E-state index is 13.5. The molecule has 0 unspecified atom stereocenters. The lowest BCUT2D eigenvalue weighted by Crippen LogP contribution is -2.05. The number of halogens is 3. The van der Waals surface area contributed by atoms with Gasteiger partial charge in [-0.3, -0.25) is 0 Å². The predicted octanol–water partition coefficient (Wildman–Crippen LogP) is 2.77. The smallest absolute Gasteiger partial charge is 0.373 e. The molecule has 1 heterocycles. The molecule has 18 heavy (non-hydrogen) atoms. The monoisotopic (exact) mass is 270 g/mol. The number of carboxylic acid groups (broad SMARTS) is 1. The summed E-state index contributed by atoms with van der Waals surface area (Å²) in [6.45, 7) is 0. The maximum atomic E-state index is 13.5. The van der Waals surface area contributed by atoms with E-state index in [0.717, 1.165) is 24.4 Å². The van der Waals surface area contributed by atoms with Gasteiger partial charge in [0.1, 0.15) is 11.6 Å². The van der Waals surface area contributed by atoms with Crippen molar-refractivity contribution in [2.45, 2.75) is 0 Å². The van der Waals surface area contributed by atoms with E-state index in [1.165, 1.54) is 0 Å². The highest BCUT2D eigenvalue weighted by Gasteiger charge is 2.16. The second-order valence-electron chi connectivity index (χ2n) is 3.32. The Bertz CT molecular complexity index is 634. The van der Waals surface area contributed by atoms with Crippen molar-refractivity contribution in [3.8, 4) is 11.3 Å². The number of aromatic nitrogens is 2. The minimum absolute atomic E-state index is 0.0653. The van der Waals surface area contributed by atoms with E-state index in [-0.39, 0.29) is 16.3 Å². The van der Waals surface area contributed by atoms with Gasteiger partial charge < -0.3 is 5.11 Å². The zero-order chi connectivity index (χ0) is 13.3. The first kappa shape index (κ1) is 12.4. The van der Waals surface area contributed by atoms with Gasteiger partial charge in [0, 0.05) is 5.56 Å². The Kier molecular flexibility index (Phi) is 3.20. The molecule has 1 aromatic heterocycles. The molecule has 0 saturated carbocycles. The fourth-order valence-electron chi connectivity index (χ4n) is 1.34. The van der Waals surface area contributed by atoms with Gasteiger partial charge in [-0.25, -0.2) is 23.5 Å². The molecule has 1 aromatic carbocycles. The summed E-state index contributed by atoms with van der Waals surface area (Å²) in [4.78, 5) is 17.8. The number of nitrogens with zero attached hydrogens (tertiary/aromatic N) is 2. The zero-order valence-electron chi connectivity index (χ0n) is 8.69. The first-order chi connectivity index (χ1) is 8.49.